The van der Waals surface area contributed by atoms with Crippen LogP contribution in [0.3, 0.4) is 0 Å². The summed E-state index contributed by atoms with van der Waals surface area (Å²) in [7, 11) is -3.81. The summed E-state index contributed by atoms with van der Waals surface area (Å²) in [4.78, 5) is 2.42. The highest BCUT2D eigenvalue weighted by Gasteiger charge is 2.32. The van der Waals surface area contributed by atoms with E-state index in [2.05, 4.69) is 39.0 Å². The molecular weight excluding hydrogens is 455 g/mol. The lowest BCUT2D eigenvalue weighted by atomic mass is 10.0. The molecule has 0 radical (unpaired) electrons. The highest BCUT2D eigenvalue weighted by molar-refractivity contribution is 7.92. The summed E-state index contributed by atoms with van der Waals surface area (Å²) in [6.07, 6.45) is -1.63. The van der Waals surface area contributed by atoms with Crippen molar-refractivity contribution in [2.24, 2.45) is 5.92 Å². The fourth-order valence-electron chi connectivity index (χ4n) is 4.10. The van der Waals surface area contributed by atoms with Crippen molar-refractivity contribution in [3.05, 3.63) is 35.4 Å². The SMILES string of the molecule is Cc1cc(N[C@@H]2CCCN(CC(C)C)C2)nnc1-c1ccc(C(F)(F)F)cc1NS(C)(=O)=O. The number of likely N-dealkylation sites (tertiary alicyclic amines) is 1. The van der Waals surface area contributed by atoms with Gasteiger partial charge < -0.3 is 10.2 Å². The molecule has 0 spiro atoms. The summed E-state index contributed by atoms with van der Waals surface area (Å²) in [5, 5.41) is 11.9. The Morgan fingerprint density at radius 3 is 2.55 bits per heavy atom. The van der Waals surface area contributed by atoms with Crippen LogP contribution < -0.4 is 10.0 Å². The smallest absolute Gasteiger partial charge is 0.365 e. The zero-order chi connectivity index (χ0) is 24.4. The molecule has 2 heterocycles. The van der Waals surface area contributed by atoms with E-state index in [0.717, 1.165) is 50.9 Å². The van der Waals surface area contributed by atoms with Gasteiger partial charge in [0.15, 0.2) is 0 Å². The number of sulfonamides is 1. The van der Waals surface area contributed by atoms with Gasteiger partial charge >= 0.3 is 6.18 Å². The number of alkyl halides is 3. The highest BCUT2D eigenvalue weighted by atomic mass is 32.2. The van der Waals surface area contributed by atoms with Crippen molar-refractivity contribution in [2.45, 2.75) is 45.8 Å². The van der Waals surface area contributed by atoms with Crippen molar-refractivity contribution in [1.82, 2.24) is 15.1 Å². The summed E-state index contributed by atoms with van der Waals surface area (Å²) in [6.45, 7) is 9.17. The number of aromatic nitrogens is 2. The number of hydrogen-bond acceptors (Lipinski definition) is 6. The van der Waals surface area contributed by atoms with Crippen LogP contribution in [0.25, 0.3) is 11.3 Å². The minimum Gasteiger partial charge on any atom is -0.365 e. The van der Waals surface area contributed by atoms with Crippen LogP contribution in [0, 0.1) is 12.8 Å². The normalized spacial score (nSPS) is 17.9. The van der Waals surface area contributed by atoms with Gasteiger partial charge in [-0.2, -0.15) is 13.2 Å². The molecule has 1 saturated heterocycles. The molecule has 1 atom stereocenters. The topological polar surface area (TPSA) is 87.2 Å². The molecule has 0 saturated carbocycles. The minimum absolute atomic E-state index is 0.193. The van der Waals surface area contributed by atoms with Crippen molar-refractivity contribution < 1.29 is 21.6 Å². The maximum absolute atomic E-state index is 13.2. The van der Waals surface area contributed by atoms with Gasteiger partial charge in [-0.1, -0.05) is 19.9 Å². The lowest BCUT2D eigenvalue weighted by Crippen LogP contribution is -2.43. The summed E-state index contributed by atoms with van der Waals surface area (Å²) >= 11 is 0. The number of rotatable bonds is 7. The van der Waals surface area contributed by atoms with Crippen molar-refractivity contribution in [3.8, 4) is 11.3 Å². The fraction of sp³-hybridized carbons (Fsp3) is 0.545. The van der Waals surface area contributed by atoms with E-state index in [0.29, 0.717) is 23.0 Å². The van der Waals surface area contributed by atoms with Crippen LogP contribution in [-0.2, 0) is 16.2 Å². The molecule has 1 aliphatic heterocycles. The Balaban J connectivity index is 1.86. The summed E-state index contributed by atoms with van der Waals surface area (Å²) < 4.78 is 65.2. The Morgan fingerprint density at radius 2 is 1.94 bits per heavy atom. The predicted octanol–water partition coefficient (Wildman–Crippen LogP) is 4.37. The molecule has 2 aromatic rings. The highest BCUT2D eigenvalue weighted by Crippen LogP contribution is 2.36. The Labute approximate surface area is 192 Å². The van der Waals surface area contributed by atoms with Gasteiger partial charge in [-0.05, 0) is 56.0 Å². The molecule has 1 aromatic heterocycles. The molecule has 1 fully saturated rings. The van der Waals surface area contributed by atoms with Crippen molar-refractivity contribution in [2.75, 3.05) is 35.9 Å². The van der Waals surface area contributed by atoms with E-state index in [1.54, 1.807) is 13.0 Å². The number of piperidine rings is 1. The number of benzene rings is 1. The number of anilines is 2. The standard InChI is InChI=1S/C22H30F3N5O2S/c1-14(2)12-30-9-5-6-17(13-30)26-20-10-15(3)21(28-27-20)18-8-7-16(22(23,24)25)11-19(18)29-33(4,31)32/h7-8,10-11,14,17,29H,5-6,9,12-13H2,1-4H3,(H,26,27)/t17-/m1/s1. The molecule has 0 aliphatic carbocycles. The van der Waals surface area contributed by atoms with Crippen LogP contribution >= 0.6 is 0 Å². The van der Waals surface area contributed by atoms with E-state index in [1.807, 2.05) is 0 Å². The van der Waals surface area contributed by atoms with Gasteiger partial charge in [0.05, 0.1) is 23.2 Å². The van der Waals surface area contributed by atoms with Crippen LogP contribution in [0.15, 0.2) is 24.3 Å². The van der Waals surface area contributed by atoms with E-state index >= 15 is 0 Å². The predicted molar refractivity (Wildman–Crippen MR) is 124 cm³/mol. The van der Waals surface area contributed by atoms with Crippen LogP contribution in [-0.4, -0.2) is 55.4 Å². The average Bonchev–Trinajstić information content (AvgIpc) is 2.66. The number of nitrogens with one attached hydrogen (secondary N) is 2. The van der Waals surface area contributed by atoms with Gasteiger partial charge in [0.25, 0.3) is 0 Å². The first-order valence-electron chi connectivity index (χ1n) is 10.8. The molecule has 0 bridgehead atoms. The molecule has 1 aromatic carbocycles. The lowest BCUT2D eigenvalue weighted by Gasteiger charge is -2.34. The number of aryl methyl sites for hydroxylation is 1. The van der Waals surface area contributed by atoms with E-state index in [4.69, 9.17) is 0 Å². The maximum atomic E-state index is 13.2. The Bertz CT molecular complexity index is 1090. The van der Waals surface area contributed by atoms with Gasteiger partial charge in [0.2, 0.25) is 10.0 Å². The first-order chi connectivity index (χ1) is 15.3. The minimum atomic E-state index is -4.61. The molecular formula is C22H30F3N5O2S. The summed E-state index contributed by atoms with van der Waals surface area (Å²) in [6, 6.07) is 4.90. The van der Waals surface area contributed by atoms with Gasteiger partial charge in [0, 0.05) is 24.7 Å². The van der Waals surface area contributed by atoms with Gasteiger partial charge in [0.1, 0.15) is 5.82 Å². The van der Waals surface area contributed by atoms with E-state index < -0.39 is 21.8 Å². The third kappa shape index (κ3) is 7.04. The largest absolute Gasteiger partial charge is 0.416 e. The van der Waals surface area contributed by atoms with Crippen molar-refractivity contribution in [1.29, 1.82) is 0 Å². The van der Waals surface area contributed by atoms with Crippen LogP contribution in [0.5, 0.6) is 0 Å². The van der Waals surface area contributed by atoms with Crippen molar-refractivity contribution >= 4 is 21.5 Å². The zero-order valence-corrected chi connectivity index (χ0v) is 20.0. The molecule has 1 aliphatic rings. The molecule has 0 unspecified atom stereocenters. The number of halogens is 3. The number of hydrogen-bond donors (Lipinski definition) is 2. The van der Waals surface area contributed by atoms with E-state index in [1.165, 1.54) is 6.07 Å². The molecule has 0 amide bonds. The average molecular weight is 486 g/mol. The molecule has 11 heteroatoms. The summed E-state index contributed by atoms with van der Waals surface area (Å²) in [5.41, 5.74) is 0.0569. The molecule has 33 heavy (non-hydrogen) atoms. The van der Waals surface area contributed by atoms with Gasteiger partial charge in [-0.3, -0.25) is 4.72 Å². The second kappa shape index (κ2) is 9.84. The first kappa shape index (κ1) is 25.2. The second-order valence-electron chi connectivity index (χ2n) is 9.03. The molecule has 7 nitrogen and oxygen atoms in total. The van der Waals surface area contributed by atoms with Crippen LogP contribution in [0.1, 0.15) is 37.8 Å². The quantitative estimate of drug-likeness (QED) is 0.606. The van der Waals surface area contributed by atoms with Crippen LogP contribution in [0.2, 0.25) is 0 Å². The Kier molecular flexibility index (Phi) is 7.52. The van der Waals surface area contributed by atoms with Crippen LogP contribution in [0.4, 0.5) is 24.7 Å². The second-order valence-corrected chi connectivity index (χ2v) is 10.8. The molecule has 182 valence electrons. The van der Waals surface area contributed by atoms with E-state index in [9.17, 15) is 21.6 Å². The summed E-state index contributed by atoms with van der Waals surface area (Å²) in [5.74, 6) is 1.17. The molecule has 3 rings (SSSR count). The van der Waals surface area contributed by atoms with Gasteiger partial charge in [-0.15, -0.1) is 10.2 Å². The third-order valence-corrected chi connectivity index (χ3v) is 5.95. The van der Waals surface area contributed by atoms with Gasteiger partial charge in [-0.25, -0.2) is 8.42 Å². The Hall–Kier alpha value is -2.40. The molecule has 2 N–H and O–H groups in total. The Morgan fingerprint density at radius 1 is 1.21 bits per heavy atom. The maximum Gasteiger partial charge on any atom is 0.416 e. The van der Waals surface area contributed by atoms with Crippen molar-refractivity contribution in [3.63, 3.8) is 0 Å². The number of nitrogens with zero attached hydrogens (tertiary/aromatic N) is 3. The van der Waals surface area contributed by atoms with E-state index in [-0.39, 0.29) is 17.3 Å². The first-order valence-corrected chi connectivity index (χ1v) is 12.7. The lowest BCUT2D eigenvalue weighted by molar-refractivity contribution is -0.137. The zero-order valence-electron chi connectivity index (χ0n) is 19.2. The monoisotopic (exact) mass is 485 g/mol. The third-order valence-electron chi connectivity index (χ3n) is 5.36. The fourth-order valence-corrected chi connectivity index (χ4v) is 4.67.